The first-order chi connectivity index (χ1) is 23.2. The van der Waals surface area contributed by atoms with Crippen LogP contribution < -0.4 is 29.6 Å². The van der Waals surface area contributed by atoms with Crippen LogP contribution in [0.5, 0.6) is 28.7 Å². The van der Waals surface area contributed by atoms with Crippen molar-refractivity contribution in [2.24, 2.45) is 11.1 Å². The number of pyridine rings is 1. The van der Waals surface area contributed by atoms with E-state index in [1.807, 2.05) is 0 Å². The predicted molar refractivity (Wildman–Crippen MR) is 176 cm³/mol. The van der Waals surface area contributed by atoms with Crippen LogP contribution in [0.25, 0.3) is 10.9 Å². The molecule has 6 rings (SSSR count). The Balaban J connectivity index is 1.26. The molecule has 0 spiro atoms. The van der Waals surface area contributed by atoms with E-state index in [9.17, 15) is 14.0 Å². The number of nitrogens with zero attached hydrogens (tertiary/aromatic N) is 3. The molecule has 2 amide bonds. The van der Waals surface area contributed by atoms with Gasteiger partial charge in [-0.05, 0) is 88.8 Å². The molecule has 2 heterocycles. The van der Waals surface area contributed by atoms with Gasteiger partial charge in [0.1, 0.15) is 30.2 Å². The zero-order valence-corrected chi connectivity index (χ0v) is 27.0. The Morgan fingerprint density at radius 2 is 1.58 bits per heavy atom. The van der Waals surface area contributed by atoms with Crippen LogP contribution in [0.2, 0.25) is 0 Å². The minimum absolute atomic E-state index is 0.122. The Morgan fingerprint density at radius 3 is 2.27 bits per heavy atom. The summed E-state index contributed by atoms with van der Waals surface area (Å²) < 4.78 is 53.7. The number of hydrogen-bond acceptors (Lipinski definition) is 8. The van der Waals surface area contributed by atoms with Gasteiger partial charge in [-0.25, -0.2) is 8.78 Å². The summed E-state index contributed by atoms with van der Waals surface area (Å²) in [6.45, 7) is 2.20. The first kappa shape index (κ1) is 33.0. The summed E-state index contributed by atoms with van der Waals surface area (Å²) in [6, 6.07) is 12.5. The second kappa shape index (κ2) is 14.0. The number of fused-ring (bicyclic) bond motifs is 3. The molecule has 0 atom stereocenters. The Labute approximate surface area is 277 Å². The monoisotopic (exact) mass is 660 g/mol. The number of halogens is 2. The summed E-state index contributed by atoms with van der Waals surface area (Å²) in [7, 11) is 4.13. The van der Waals surface area contributed by atoms with Gasteiger partial charge in [-0.1, -0.05) is 12.8 Å². The molecule has 1 fully saturated rings. The van der Waals surface area contributed by atoms with Crippen molar-refractivity contribution < 1.29 is 37.3 Å². The number of benzene rings is 3. The van der Waals surface area contributed by atoms with Crippen molar-refractivity contribution in [3.05, 3.63) is 72.4 Å². The summed E-state index contributed by atoms with van der Waals surface area (Å²) in [4.78, 5) is 33.7. The molecule has 4 aromatic rings. The summed E-state index contributed by atoms with van der Waals surface area (Å²) in [5, 5.41) is 0.493. The Bertz CT molecular complexity index is 1810. The van der Waals surface area contributed by atoms with Gasteiger partial charge in [-0.2, -0.15) is 0 Å². The first-order valence-corrected chi connectivity index (χ1v) is 16.0. The van der Waals surface area contributed by atoms with Crippen molar-refractivity contribution in [2.75, 3.05) is 45.4 Å². The average Bonchev–Trinajstić information content (AvgIpc) is 3.89. The van der Waals surface area contributed by atoms with Gasteiger partial charge in [0, 0.05) is 24.0 Å². The smallest absolute Gasteiger partial charge is 0.247 e. The van der Waals surface area contributed by atoms with Crippen molar-refractivity contribution in [3.8, 4) is 28.7 Å². The number of rotatable bonds is 14. The molecule has 3 aromatic carbocycles. The highest BCUT2D eigenvalue weighted by atomic mass is 19.1. The predicted octanol–water partition coefficient (Wildman–Crippen LogP) is 6.51. The number of nitrogens with two attached hydrogens (primary N) is 1. The fourth-order valence-corrected chi connectivity index (χ4v) is 5.74. The van der Waals surface area contributed by atoms with Crippen LogP contribution >= 0.6 is 0 Å². The average molecular weight is 661 g/mol. The lowest BCUT2D eigenvalue weighted by atomic mass is 10.0. The molecule has 2 N–H and O–H groups in total. The fourth-order valence-electron chi connectivity index (χ4n) is 5.74. The van der Waals surface area contributed by atoms with Crippen molar-refractivity contribution in [1.82, 2.24) is 9.88 Å². The molecule has 48 heavy (non-hydrogen) atoms. The van der Waals surface area contributed by atoms with E-state index in [4.69, 9.17) is 24.7 Å². The van der Waals surface area contributed by atoms with Crippen LogP contribution in [-0.4, -0.2) is 62.2 Å². The van der Waals surface area contributed by atoms with Crippen LogP contribution in [0.4, 0.5) is 20.2 Å². The van der Waals surface area contributed by atoms with Gasteiger partial charge in [0.2, 0.25) is 17.6 Å². The minimum atomic E-state index is -1.40. The molecule has 252 valence electrons. The SMILES string of the molecule is CN(C)CCCCCCOc1cc2nccc(Oc3ccc(N(C(=O)C4(C(N)=O)CC4)c4ccc(F)cc4)cc3F)c2c2c1OCCO2. The highest BCUT2D eigenvalue weighted by Gasteiger charge is 2.57. The van der Waals surface area contributed by atoms with Crippen molar-refractivity contribution >= 4 is 34.1 Å². The van der Waals surface area contributed by atoms with Crippen LogP contribution in [0.15, 0.2) is 60.8 Å². The third-order valence-corrected chi connectivity index (χ3v) is 8.51. The number of amides is 2. The quantitative estimate of drug-likeness (QED) is 0.120. The Kier molecular flexibility index (Phi) is 9.63. The van der Waals surface area contributed by atoms with Crippen LogP contribution in [0.1, 0.15) is 38.5 Å². The summed E-state index contributed by atoms with van der Waals surface area (Å²) >= 11 is 0. The lowest BCUT2D eigenvalue weighted by Crippen LogP contribution is -2.41. The molecule has 2 aliphatic rings. The molecular formula is C36H38F2N4O6. The zero-order chi connectivity index (χ0) is 33.8. The number of carbonyl (C=O) groups is 2. The van der Waals surface area contributed by atoms with E-state index in [0.29, 0.717) is 48.0 Å². The van der Waals surface area contributed by atoms with E-state index in [-0.39, 0.29) is 35.7 Å². The fraction of sp³-hybridized carbons (Fsp3) is 0.361. The van der Waals surface area contributed by atoms with Gasteiger partial charge >= 0.3 is 0 Å². The summed E-state index contributed by atoms with van der Waals surface area (Å²) in [5.74, 6) is -1.17. The topological polar surface area (TPSA) is 116 Å². The van der Waals surface area contributed by atoms with Gasteiger partial charge in [0.15, 0.2) is 23.1 Å². The second-order valence-electron chi connectivity index (χ2n) is 12.3. The van der Waals surface area contributed by atoms with E-state index < -0.39 is 28.9 Å². The summed E-state index contributed by atoms with van der Waals surface area (Å²) in [5.41, 5.74) is 5.08. The zero-order valence-electron chi connectivity index (χ0n) is 27.0. The molecule has 0 bridgehead atoms. The Hall–Kier alpha value is -4.97. The lowest BCUT2D eigenvalue weighted by Gasteiger charge is -2.27. The van der Waals surface area contributed by atoms with E-state index in [1.165, 1.54) is 41.3 Å². The maximum Gasteiger partial charge on any atom is 0.247 e. The number of aromatic nitrogens is 1. The maximum absolute atomic E-state index is 15.8. The molecule has 1 aliphatic carbocycles. The first-order valence-electron chi connectivity index (χ1n) is 16.0. The van der Waals surface area contributed by atoms with Crippen LogP contribution in [0.3, 0.4) is 0 Å². The molecule has 1 aromatic heterocycles. The van der Waals surface area contributed by atoms with Crippen molar-refractivity contribution in [3.63, 3.8) is 0 Å². The largest absolute Gasteiger partial charge is 0.489 e. The number of hydrogen-bond donors (Lipinski definition) is 1. The number of unbranched alkanes of at least 4 members (excludes halogenated alkanes) is 3. The number of anilines is 2. The maximum atomic E-state index is 15.8. The standard InChI is InChI=1S/C36H38F2N4O6/c1-41(2)17-5-3-4-6-18-45-30-22-27-31(33-32(30)46-19-20-47-33)29(13-16-40-27)48-28-12-11-25(21-26(28)38)42(24-9-7-23(37)8-10-24)35(44)36(14-15-36)34(39)43/h7-13,16,21-22H,3-6,14-15,17-20H2,1-2H3,(H2,39,43). The van der Waals surface area contributed by atoms with E-state index in [0.717, 1.165) is 38.3 Å². The number of ether oxygens (including phenoxy) is 4. The van der Waals surface area contributed by atoms with E-state index in [1.54, 1.807) is 18.3 Å². The molecule has 10 nitrogen and oxygen atoms in total. The molecule has 0 unspecified atom stereocenters. The van der Waals surface area contributed by atoms with Crippen molar-refractivity contribution in [1.29, 1.82) is 0 Å². The summed E-state index contributed by atoms with van der Waals surface area (Å²) in [6.07, 6.45) is 6.28. The highest BCUT2D eigenvalue weighted by Crippen LogP contribution is 2.50. The number of primary amides is 1. The molecule has 0 radical (unpaired) electrons. The normalized spacial score (nSPS) is 14.5. The minimum Gasteiger partial charge on any atom is -0.489 e. The van der Waals surface area contributed by atoms with Gasteiger partial charge in [0.05, 0.1) is 23.2 Å². The molecule has 0 saturated heterocycles. The van der Waals surface area contributed by atoms with Crippen LogP contribution in [-0.2, 0) is 9.59 Å². The van der Waals surface area contributed by atoms with Gasteiger partial charge in [-0.3, -0.25) is 19.5 Å². The lowest BCUT2D eigenvalue weighted by molar-refractivity contribution is -0.133. The van der Waals surface area contributed by atoms with E-state index in [2.05, 4.69) is 24.0 Å². The third-order valence-electron chi connectivity index (χ3n) is 8.51. The van der Waals surface area contributed by atoms with Gasteiger partial charge in [0.25, 0.3) is 0 Å². The third kappa shape index (κ3) is 6.84. The molecule has 1 saturated carbocycles. The van der Waals surface area contributed by atoms with E-state index >= 15 is 4.39 Å². The highest BCUT2D eigenvalue weighted by molar-refractivity contribution is 6.16. The molecular weight excluding hydrogens is 622 g/mol. The number of carbonyl (C=O) groups excluding carboxylic acids is 2. The molecule has 1 aliphatic heterocycles. The van der Waals surface area contributed by atoms with Crippen LogP contribution in [0, 0.1) is 17.0 Å². The Morgan fingerprint density at radius 1 is 0.875 bits per heavy atom. The van der Waals surface area contributed by atoms with Crippen molar-refractivity contribution in [2.45, 2.75) is 38.5 Å². The van der Waals surface area contributed by atoms with Gasteiger partial charge in [-0.15, -0.1) is 0 Å². The second-order valence-corrected chi connectivity index (χ2v) is 12.3. The molecule has 12 heteroatoms. The van der Waals surface area contributed by atoms with Gasteiger partial charge < -0.3 is 29.6 Å².